The molecule has 1 atom stereocenters. The number of halogens is 2. The lowest BCUT2D eigenvalue weighted by Gasteiger charge is -2.37. The number of phenolic OH excluding ortho intramolecular Hbond substituents is 1. The van der Waals surface area contributed by atoms with Gasteiger partial charge in [-0.05, 0) is 61.1 Å². The lowest BCUT2D eigenvalue weighted by atomic mass is 9.94. The van der Waals surface area contributed by atoms with E-state index in [9.17, 15) is 9.90 Å². The van der Waals surface area contributed by atoms with Gasteiger partial charge in [-0.1, -0.05) is 23.2 Å². The summed E-state index contributed by atoms with van der Waals surface area (Å²) in [6.45, 7) is 1.78. The molecule has 0 saturated heterocycles. The number of hydrogen-bond donors (Lipinski definition) is 2. The average molecular weight is 453 g/mol. The van der Waals surface area contributed by atoms with Gasteiger partial charge in [0, 0.05) is 16.4 Å². The highest BCUT2D eigenvalue weighted by Gasteiger charge is 2.36. The van der Waals surface area contributed by atoms with E-state index in [4.69, 9.17) is 44.9 Å². The van der Waals surface area contributed by atoms with Crippen LogP contribution in [0.3, 0.4) is 0 Å². The van der Waals surface area contributed by atoms with Gasteiger partial charge in [-0.2, -0.15) is 0 Å². The molecule has 152 valence electrons. The topological polar surface area (TPSA) is 71.0 Å². The second-order valence-corrected chi connectivity index (χ2v) is 7.47. The van der Waals surface area contributed by atoms with Gasteiger partial charge in [0.2, 0.25) is 0 Å². The minimum absolute atomic E-state index is 0.0917. The van der Waals surface area contributed by atoms with E-state index in [2.05, 4.69) is 5.32 Å². The highest BCUT2D eigenvalue weighted by Crippen LogP contribution is 2.40. The fourth-order valence-corrected chi connectivity index (χ4v) is 3.89. The van der Waals surface area contributed by atoms with Gasteiger partial charge < -0.3 is 19.9 Å². The van der Waals surface area contributed by atoms with Crippen LogP contribution in [-0.4, -0.2) is 30.4 Å². The predicted molar refractivity (Wildman–Crippen MR) is 117 cm³/mol. The maximum atomic E-state index is 12.7. The molecule has 1 aliphatic rings. The van der Waals surface area contributed by atoms with Gasteiger partial charge in [0.25, 0.3) is 0 Å². The van der Waals surface area contributed by atoms with Crippen molar-refractivity contribution < 1.29 is 19.4 Å². The van der Waals surface area contributed by atoms with E-state index >= 15 is 0 Å². The molecule has 0 spiro atoms. The summed E-state index contributed by atoms with van der Waals surface area (Å²) >= 11 is 17.7. The Balaban J connectivity index is 2.17. The van der Waals surface area contributed by atoms with Crippen molar-refractivity contribution in [3.8, 4) is 11.5 Å². The average Bonchev–Trinajstić information content (AvgIpc) is 2.70. The van der Waals surface area contributed by atoms with E-state index in [1.165, 1.54) is 14.2 Å². The zero-order valence-corrected chi connectivity index (χ0v) is 18.2. The van der Waals surface area contributed by atoms with Crippen molar-refractivity contribution >= 4 is 52.2 Å². The highest BCUT2D eigenvalue weighted by molar-refractivity contribution is 7.80. The molecule has 9 heteroatoms. The third-order valence-corrected chi connectivity index (χ3v) is 5.42. The Morgan fingerprint density at radius 3 is 2.45 bits per heavy atom. The van der Waals surface area contributed by atoms with Gasteiger partial charge in [-0.3, -0.25) is 4.90 Å². The number of allylic oxidation sites excluding steroid dienone is 1. The van der Waals surface area contributed by atoms with Crippen LogP contribution >= 0.6 is 35.4 Å². The molecule has 0 amide bonds. The van der Waals surface area contributed by atoms with Gasteiger partial charge in [0.15, 0.2) is 16.6 Å². The first-order chi connectivity index (χ1) is 13.8. The number of carbonyl (C=O) groups excluding carboxylic acids is 1. The summed E-state index contributed by atoms with van der Waals surface area (Å²) in [6, 6.07) is 9.57. The number of thiocarbonyl (C=S) groups is 1. The zero-order chi connectivity index (χ0) is 21.3. The first-order valence-electron chi connectivity index (χ1n) is 8.50. The molecule has 0 bridgehead atoms. The minimum atomic E-state index is -0.648. The summed E-state index contributed by atoms with van der Waals surface area (Å²) in [5.41, 5.74) is 2.27. The Hall–Kier alpha value is -2.48. The Morgan fingerprint density at radius 1 is 1.21 bits per heavy atom. The van der Waals surface area contributed by atoms with Crippen LogP contribution < -0.4 is 15.0 Å². The minimum Gasteiger partial charge on any atom is -0.503 e. The van der Waals surface area contributed by atoms with Gasteiger partial charge in [0.1, 0.15) is 0 Å². The van der Waals surface area contributed by atoms with Crippen LogP contribution in [0.1, 0.15) is 18.5 Å². The van der Waals surface area contributed by atoms with E-state index in [-0.39, 0.29) is 16.5 Å². The third kappa shape index (κ3) is 3.99. The number of benzene rings is 2. The largest absolute Gasteiger partial charge is 0.503 e. The van der Waals surface area contributed by atoms with Crippen LogP contribution in [0.15, 0.2) is 47.7 Å². The van der Waals surface area contributed by atoms with Gasteiger partial charge in [0.05, 0.1) is 30.9 Å². The lowest BCUT2D eigenvalue weighted by molar-refractivity contribution is -0.136. The summed E-state index contributed by atoms with van der Waals surface area (Å²) in [5.74, 6) is -0.522. The maximum Gasteiger partial charge on any atom is 0.337 e. The quantitative estimate of drug-likeness (QED) is 0.518. The fourth-order valence-electron chi connectivity index (χ4n) is 3.18. The Morgan fingerprint density at radius 2 is 1.86 bits per heavy atom. The number of carbonyl (C=O) groups is 1. The summed E-state index contributed by atoms with van der Waals surface area (Å²) in [6.07, 6.45) is 0. The van der Waals surface area contributed by atoms with Gasteiger partial charge in [-0.25, -0.2) is 4.79 Å². The predicted octanol–water partition coefficient (Wildman–Crippen LogP) is 4.59. The van der Waals surface area contributed by atoms with Crippen LogP contribution in [0.2, 0.25) is 10.0 Å². The van der Waals surface area contributed by atoms with Crippen LogP contribution in [0.25, 0.3) is 0 Å². The van der Waals surface area contributed by atoms with Crippen molar-refractivity contribution in [3.63, 3.8) is 0 Å². The zero-order valence-electron chi connectivity index (χ0n) is 15.8. The molecule has 2 N–H and O–H groups in total. The second-order valence-electron chi connectivity index (χ2n) is 6.24. The number of methoxy groups -OCH3 is 2. The standard InChI is InChI=1S/C20H18Cl2N2O4S/c1-10-16(19(26)28-3)17(11-8-14(22)18(25)15(9-11)27-2)23-20(29)24(10)13-6-4-12(21)5-7-13/h4-9,17,25H,1-3H3,(H,23,29). The van der Waals surface area contributed by atoms with E-state index in [1.807, 2.05) is 0 Å². The number of esters is 1. The molecule has 2 aromatic carbocycles. The fraction of sp³-hybridized carbons (Fsp3) is 0.200. The number of rotatable bonds is 4. The van der Waals surface area contributed by atoms with Crippen LogP contribution in [0.5, 0.6) is 11.5 Å². The molecular formula is C20H18Cl2N2O4S. The molecule has 1 aliphatic heterocycles. The Labute approximate surface area is 183 Å². The number of ether oxygens (including phenoxy) is 2. The maximum absolute atomic E-state index is 12.7. The normalized spacial score (nSPS) is 16.5. The van der Waals surface area contributed by atoms with Crippen LogP contribution in [-0.2, 0) is 9.53 Å². The monoisotopic (exact) mass is 452 g/mol. The Kier molecular flexibility index (Phi) is 6.21. The summed E-state index contributed by atoms with van der Waals surface area (Å²) in [5, 5.41) is 14.3. The molecule has 0 aliphatic carbocycles. The number of anilines is 1. The van der Waals surface area contributed by atoms with Gasteiger partial charge in [-0.15, -0.1) is 0 Å². The van der Waals surface area contributed by atoms with E-state index in [1.54, 1.807) is 48.2 Å². The van der Waals surface area contributed by atoms with E-state index in [0.29, 0.717) is 27.0 Å². The smallest absolute Gasteiger partial charge is 0.337 e. The molecule has 29 heavy (non-hydrogen) atoms. The van der Waals surface area contributed by atoms with Crippen molar-refractivity contribution in [2.45, 2.75) is 13.0 Å². The molecule has 1 unspecified atom stereocenters. The van der Waals surface area contributed by atoms with Crippen molar-refractivity contribution in [3.05, 3.63) is 63.3 Å². The molecule has 0 saturated carbocycles. The first-order valence-corrected chi connectivity index (χ1v) is 9.66. The van der Waals surface area contributed by atoms with E-state index < -0.39 is 12.0 Å². The molecule has 0 aromatic heterocycles. The summed E-state index contributed by atoms with van der Waals surface area (Å²) in [7, 11) is 2.72. The van der Waals surface area contributed by atoms with Crippen LogP contribution in [0.4, 0.5) is 5.69 Å². The summed E-state index contributed by atoms with van der Waals surface area (Å²) in [4.78, 5) is 14.4. The molecule has 1 heterocycles. The molecule has 6 nitrogen and oxygen atoms in total. The molecule has 3 rings (SSSR count). The van der Waals surface area contributed by atoms with Crippen molar-refractivity contribution in [2.75, 3.05) is 19.1 Å². The van der Waals surface area contributed by atoms with Crippen molar-refractivity contribution in [2.24, 2.45) is 0 Å². The molecule has 2 aromatic rings. The summed E-state index contributed by atoms with van der Waals surface area (Å²) < 4.78 is 10.2. The number of aromatic hydroxyl groups is 1. The number of hydrogen-bond acceptors (Lipinski definition) is 5. The highest BCUT2D eigenvalue weighted by atomic mass is 35.5. The third-order valence-electron chi connectivity index (χ3n) is 4.58. The molecule has 0 radical (unpaired) electrons. The second kappa shape index (κ2) is 8.49. The number of nitrogens with zero attached hydrogens (tertiary/aromatic N) is 1. The first kappa shape index (κ1) is 21.2. The Bertz CT molecular complexity index is 1010. The van der Waals surface area contributed by atoms with Gasteiger partial charge >= 0.3 is 5.97 Å². The van der Waals surface area contributed by atoms with Crippen LogP contribution in [0, 0.1) is 0 Å². The van der Waals surface area contributed by atoms with Crippen molar-refractivity contribution in [1.82, 2.24) is 5.32 Å². The van der Waals surface area contributed by atoms with Crippen molar-refractivity contribution in [1.29, 1.82) is 0 Å². The molecule has 0 fully saturated rings. The SMILES string of the molecule is COC(=O)C1=C(C)N(c2ccc(Cl)cc2)C(=S)NC1c1cc(Cl)c(O)c(OC)c1. The van der Waals surface area contributed by atoms with E-state index in [0.717, 1.165) is 5.69 Å². The number of phenols is 1. The molecular weight excluding hydrogens is 435 g/mol. The lowest BCUT2D eigenvalue weighted by Crippen LogP contribution is -2.48. The number of nitrogens with one attached hydrogen (secondary N) is 1.